The normalized spacial score (nSPS) is 11.5. The minimum Gasteiger partial charge on any atom is -0.496 e. The van der Waals surface area contributed by atoms with Crippen molar-refractivity contribution in [1.82, 2.24) is 0 Å². The van der Waals surface area contributed by atoms with Gasteiger partial charge in [0.2, 0.25) is 5.91 Å². The summed E-state index contributed by atoms with van der Waals surface area (Å²) >= 11 is 0. The Morgan fingerprint density at radius 1 is 1.07 bits per heavy atom. The summed E-state index contributed by atoms with van der Waals surface area (Å²) in [4.78, 5) is 12.2. The Balaban J connectivity index is 2.21. The van der Waals surface area contributed by atoms with Crippen LogP contribution in [0.15, 0.2) is 48.5 Å². The fourth-order valence-corrected chi connectivity index (χ4v) is 2.31. The molecule has 0 saturated heterocycles. The number of anilines is 1. The largest absolute Gasteiger partial charge is 0.496 e. The zero-order chi connectivity index (χ0) is 20.6. The summed E-state index contributed by atoms with van der Waals surface area (Å²) in [5.74, 6) is 0.0696. The maximum Gasteiger partial charge on any atom is 0.416 e. The minimum absolute atomic E-state index is 0.0828. The van der Waals surface area contributed by atoms with Gasteiger partial charge in [0.25, 0.3) is 0 Å². The number of methoxy groups -OCH3 is 2. The average molecular weight is 395 g/mol. The number of hydrogen-bond acceptors (Lipinski definition) is 4. The number of carbonyl (C=O) groups excluding carboxylic acids is 1. The summed E-state index contributed by atoms with van der Waals surface area (Å²) < 4.78 is 54.4. The van der Waals surface area contributed by atoms with Crippen molar-refractivity contribution < 1.29 is 32.2 Å². The standard InChI is InChI=1S/C20H20F3NO4/c1-26-11-12-28-18-9-8-15(20(21,22)23)13-16(18)24-19(25)10-7-14-5-3-4-6-17(14)27-2/h3-10,13H,11-12H2,1-2H3,(H,24,25)/b10-7+. The van der Waals surface area contributed by atoms with Crippen molar-refractivity contribution in [3.05, 3.63) is 59.7 Å². The topological polar surface area (TPSA) is 56.8 Å². The molecule has 0 fully saturated rings. The SMILES string of the molecule is COCCOc1ccc(C(F)(F)F)cc1NC(=O)/C=C/c1ccccc1OC. The summed E-state index contributed by atoms with van der Waals surface area (Å²) in [6.07, 6.45) is -1.83. The maximum absolute atomic E-state index is 13.0. The van der Waals surface area contributed by atoms with Crippen LogP contribution in [0.2, 0.25) is 0 Å². The van der Waals surface area contributed by atoms with Gasteiger partial charge in [0.1, 0.15) is 18.1 Å². The van der Waals surface area contributed by atoms with Crippen LogP contribution in [0.4, 0.5) is 18.9 Å². The van der Waals surface area contributed by atoms with E-state index in [1.165, 1.54) is 26.4 Å². The Morgan fingerprint density at radius 2 is 1.82 bits per heavy atom. The van der Waals surface area contributed by atoms with Crippen LogP contribution in [-0.2, 0) is 15.7 Å². The highest BCUT2D eigenvalue weighted by atomic mass is 19.4. The Hall–Kier alpha value is -3.00. The van der Waals surface area contributed by atoms with E-state index in [4.69, 9.17) is 14.2 Å². The van der Waals surface area contributed by atoms with Crippen molar-refractivity contribution in [2.45, 2.75) is 6.18 Å². The van der Waals surface area contributed by atoms with Gasteiger partial charge in [0.05, 0.1) is 25.0 Å². The number of para-hydroxylation sites is 1. The molecule has 5 nitrogen and oxygen atoms in total. The number of amides is 1. The second kappa shape index (κ2) is 9.80. The smallest absolute Gasteiger partial charge is 0.416 e. The van der Waals surface area contributed by atoms with Crippen LogP contribution >= 0.6 is 0 Å². The molecule has 28 heavy (non-hydrogen) atoms. The average Bonchev–Trinajstić information content (AvgIpc) is 2.67. The molecule has 0 aromatic heterocycles. The van der Waals surface area contributed by atoms with Gasteiger partial charge in [-0.15, -0.1) is 0 Å². The van der Waals surface area contributed by atoms with Crippen molar-refractivity contribution in [2.75, 3.05) is 32.8 Å². The van der Waals surface area contributed by atoms with E-state index in [9.17, 15) is 18.0 Å². The van der Waals surface area contributed by atoms with Crippen LogP contribution in [-0.4, -0.2) is 33.3 Å². The van der Waals surface area contributed by atoms with Crippen LogP contribution in [0.3, 0.4) is 0 Å². The van der Waals surface area contributed by atoms with Gasteiger partial charge in [-0.25, -0.2) is 0 Å². The lowest BCUT2D eigenvalue weighted by Crippen LogP contribution is -2.13. The number of rotatable bonds is 8. The number of halogens is 3. The summed E-state index contributed by atoms with van der Waals surface area (Å²) in [5, 5.41) is 2.43. The van der Waals surface area contributed by atoms with Gasteiger partial charge < -0.3 is 19.5 Å². The lowest BCUT2D eigenvalue weighted by atomic mass is 10.1. The quantitative estimate of drug-likeness (QED) is 0.532. The number of hydrogen-bond donors (Lipinski definition) is 1. The Bertz CT molecular complexity index is 834. The summed E-state index contributed by atoms with van der Waals surface area (Å²) in [7, 11) is 2.97. The predicted molar refractivity (Wildman–Crippen MR) is 99.5 cm³/mol. The zero-order valence-corrected chi connectivity index (χ0v) is 15.4. The molecule has 0 saturated carbocycles. The van der Waals surface area contributed by atoms with E-state index in [2.05, 4.69) is 5.32 Å². The highest BCUT2D eigenvalue weighted by Crippen LogP contribution is 2.35. The fourth-order valence-electron chi connectivity index (χ4n) is 2.31. The molecule has 2 aromatic rings. The van der Waals surface area contributed by atoms with E-state index in [0.717, 1.165) is 18.2 Å². The molecule has 0 unspecified atom stereocenters. The van der Waals surface area contributed by atoms with E-state index < -0.39 is 17.6 Å². The number of carbonyl (C=O) groups is 1. The Kier molecular flexibility index (Phi) is 7.45. The lowest BCUT2D eigenvalue weighted by Gasteiger charge is -2.14. The molecule has 0 aliphatic heterocycles. The van der Waals surface area contributed by atoms with Crippen LogP contribution in [0, 0.1) is 0 Å². The van der Waals surface area contributed by atoms with E-state index in [-0.39, 0.29) is 24.7 Å². The molecule has 2 rings (SSSR count). The molecule has 2 aromatic carbocycles. The monoisotopic (exact) mass is 395 g/mol. The molecule has 0 radical (unpaired) electrons. The molecule has 0 heterocycles. The van der Waals surface area contributed by atoms with Gasteiger partial charge in [-0.05, 0) is 30.3 Å². The van der Waals surface area contributed by atoms with Crippen LogP contribution in [0.5, 0.6) is 11.5 Å². The third kappa shape index (κ3) is 6.02. The van der Waals surface area contributed by atoms with Crippen LogP contribution < -0.4 is 14.8 Å². The predicted octanol–water partition coefficient (Wildman–Crippen LogP) is 4.39. The molecular weight excluding hydrogens is 375 g/mol. The molecule has 1 N–H and O–H groups in total. The van der Waals surface area contributed by atoms with Crippen LogP contribution in [0.25, 0.3) is 6.08 Å². The highest BCUT2D eigenvalue weighted by Gasteiger charge is 2.31. The van der Waals surface area contributed by atoms with Crippen LogP contribution in [0.1, 0.15) is 11.1 Å². The summed E-state index contributed by atoms with van der Waals surface area (Å²) in [6.45, 7) is 0.379. The van der Waals surface area contributed by atoms with E-state index in [1.807, 2.05) is 0 Å². The van der Waals surface area contributed by atoms with Gasteiger partial charge in [-0.1, -0.05) is 18.2 Å². The number of nitrogens with one attached hydrogen (secondary N) is 1. The Labute approximate surface area is 160 Å². The molecule has 1 amide bonds. The van der Waals surface area contributed by atoms with Gasteiger partial charge in [-0.2, -0.15) is 13.2 Å². The Morgan fingerprint density at radius 3 is 2.50 bits per heavy atom. The molecule has 0 spiro atoms. The van der Waals surface area contributed by atoms with Gasteiger partial charge in [-0.3, -0.25) is 4.79 Å². The first-order chi connectivity index (χ1) is 13.3. The lowest BCUT2D eigenvalue weighted by molar-refractivity contribution is -0.137. The first-order valence-corrected chi connectivity index (χ1v) is 8.30. The molecule has 0 atom stereocenters. The van der Waals surface area contributed by atoms with E-state index in [0.29, 0.717) is 11.3 Å². The van der Waals surface area contributed by atoms with Gasteiger partial charge >= 0.3 is 6.18 Å². The second-order valence-electron chi connectivity index (χ2n) is 5.61. The molecule has 150 valence electrons. The fraction of sp³-hybridized carbons (Fsp3) is 0.250. The second-order valence-corrected chi connectivity index (χ2v) is 5.61. The summed E-state index contributed by atoms with van der Waals surface area (Å²) in [5.41, 5.74) is -0.322. The van der Waals surface area contributed by atoms with Crippen molar-refractivity contribution >= 4 is 17.7 Å². The van der Waals surface area contributed by atoms with Gasteiger partial charge in [0.15, 0.2) is 0 Å². The van der Waals surface area contributed by atoms with Gasteiger partial charge in [0, 0.05) is 18.7 Å². The molecule has 0 aliphatic rings. The van der Waals surface area contributed by atoms with E-state index >= 15 is 0 Å². The van der Waals surface area contributed by atoms with E-state index in [1.54, 1.807) is 24.3 Å². The summed E-state index contributed by atoms with van der Waals surface area (Å²) in [6, 6.07) is 9.91. The zero-order valence-electron chi connectivity index (χ0n) is 15.4. The molecular formula is C20H20F3NO4. The first-order valence-electron chi connectivity index (χ1n) is 8.30. The first kappa shape index (κ1) is 21.3. The van der Waals surface area contributed by atoms with Crippen molar-refractivity contribution in [3.63, 3.8) is 0 Å². The maximum atomic E-state index is 13.0. The highest BCUT2D eigenvalue weighted by molar-refractivity contribution is 6.03. The van der Waals surface area contributed by atoms with Crippen molar-refractivity contribution in [2.24, 2.45) is 0 Å². The third-order valence-corrected chi connectivity index (χ3v) is 3.66. The molecule has 0 aliphatic carbocycles. The number of alkyl halides is 3. The number of ether oxygens (including phenoxy) is 3. The minimum atomic E-state index is -4.54. The number of benzene rings is 2. The molecule has 8 heteroatoms. The third-order valence-electron chi connectivity index (χ3n) is 3.66. The molecule has 0 bridgehead atoms. The van der Waals surface area contributed by atoms with Crippen molar-refractivity contribution in [3.8, 4) is 11.5 Å². The van der Waals surface area contributed by atoms with Crippen molar-refractivity contribution in [1.29, 1.82) is 0 Å².